The van der Waals surface area contributed by atoms with Gasteiger partial charge in [0.25, 0.3) is 6.43 Å². The van der Waals surface area contributed by atoms with E-state index in [4.69, 9.17) is 17.0 Å². The summed E-state index contributed by atoms with van der Waals surface area (Å²) in [5.74, 6) is 0. The lowest BCUT2D eigenvalue weighted by atomic mass is 10.2. The second kappa shape index (κ2) is 18.0. The van der Waals surface area contributed by atoms with Crippen LogP contribution in [0.25, 0.3) is 5.69 Å². The third-order valence-electron chi connectivity index (χ3n) is 3.42. The molecule has 0 aliphatic heterocycles. The molecule has 9 heteroatoms. The van der Waals surface area contributed by atoms with Crippen molar-refractivity contribution < 1.29 is 13.6 Å². The average molecular weight is 457 g/mol. The van der Waals surface area contributed by atoms with E-state index in [1.807, 2.05) is 20.9 Å². The largest absolute Gasteiger partial charge is 0.391 e. The van der Waals surface area contributed by atoms with Gasteiger partial charge in [-0.1, -0.05) is 50.6 Å². The van der Waals surface area contributed by atoms with Crippen LogP contribution >= 0.6 is 12.2 Å². The van der Waals surface area contributed by atoms with Crippen LogP contribution in [0.5, 0.6) is 0 Å². The lowest BCUT2D eigenvalue weighted by Crippen LogP contribution is -2.16. The van der Waals surface area contributed by atoms with E-state index in [0.29, 0.717) is 0 Å². The van der Waals surface area contributed by atoms with Gasteiger partial charge < -0.3 is 10.1 Å². The lowest BCUT2D eigenvalue weighted by Gasteiger charge is -2.07. The number of alkyl halides is 2. The molecule has 2 aromatic rings. The van der Waals surface area contributed by atoms with E-state index in [-0.39, 0.29) is 16.0 Å². The summed E-state index contributed by atoms with van der Waals surface area (Å²) >= 11 is 4.83. The maximum atomic E-state index is 12.7. The molecule has 0 saturated carbocycles. The third kappa shape index (κ3) is 11.8. The highest BCUT2D eigenvalue weighted by Crippen LogP contribution is 2.24. The predicted molar refractivity (Wildman–Crippen MR) is 126 cm³/mol. The summed E-state index contributed by atoms with van der Waals surface area (Å²) < 4.78 is 26.5. The number of H-pyrrole nitrogens is 2. The minimum atomic E-state index is -2.66. The van der Waals surface area contributed by atoms with E-state index in [1.165, 1.54) is 36.4 Å². The zero-order valence-electron chi connectivity index (χ0n) is 19.3. The van der Waals surface area contributed by atoms with Crippen molar-refractivity contribution >= 4 is 18.5 Å². The normalized spacial score (nSPS) is 9.81. The summed E-state index contributed by atoms with van der Waals surface area (Å²) in [6.45, 7) is 11.8. The maximum Gasteiger partial charge on any atom is 0.347 e. The SMILES string of the molecule is CC.CC/C(=C\C=C(C)C)NC.CC=O.O=c1[nH][nH]c(=S)n1-c1ccccc1C(F)F. The van der Waals surface area contributed by atoms with Gasteiger partial charge in [0.2, 0.25) is 4.77 Å². The lowest BCUT2D eigenvalue weighted by molar-refractivity contribution is -0.106. The predicted octanol–water partition coefficient (Wildman–Crippen LogP) is 5.86. The summed E-state index contributed by atoms with van der Waals surface area (Å²) in [4.78, 5) is 20.2. The summed E-state index contributed by atoms with van der Waals surface area (Å²) in [7, 11) is 1.95. The standard InChI is InChI=1S/C9H7F2N3OS.C9H17N.C2H4O.C2H6/c10-7(11)5-3-1-2-4-6(5)14-8(15)12-13-9(14)16;1-5-9(10-4)7-6-8(2)3;1-2-3;1-2/h1-4,7H,(H,12,15)(H,13,16);6-7,10H,5H2,1-4H3;2H,1H3;1-2H3/b;9-7+;;. The fourth-order valence-corrected chi connectivity index (χ4v) is 2.28. The van der Waals surface area contributed by atoms with Gasteiger partial charge in [0.15, 0.2) is 0 Å². The topological polar surface area (TPSA) is 82.7 Å². The Bertz CT molecular complexity index is 890. The molecule has 0 spiro atoms. The van der Waals surface area contributed by atoms with Crippen molar-refractivity contribution in [2.75, 3.05) is 7.05 Å². The smallest absolute Gasteiger partial charge is 0.347 e. The molecule has 0 atom stereocenters. The zero-order valence-corrected chi connectivity index (χ0v) is 20.1. The number of carbonyl (C=O) groups excluding carboxylic acids is 1. The van der Waals surface area contributed by atoms with E-state index in [2.05, 4.69) is 48.4 Å². The molecule has 3 N–H and O–H groups in total. The Morgan fingerprint density at radius 3 is 2.13 bits per heavy atom. The average Bonchev–Trinajstić information content (AvgIpc) is 3.09. The molecule has 1 aromatic heterocycles. The number of rotatable bonds is 5. The van der Waals surface area contributed by atoms with Crippen LogP contribution in [-0.2, 0) is 4.79 Å². The third-order valence-corrected chi connectivity index (χ3v) is 3.70. The van der Waals surface area contributed by atoms with Crippen molar-refractivity contribution in [3.63, 3.8) is 0 Å². The molecule has 174 valence electrons. The Balaban J connectivity index is 0. The fraction of sp³-hybridized carbons (Fsp3) is 0.409. The number of carbonyl (C=O) groups is 1. The number of halogens is 2. The quantitative estimate of drug-likeness (QED) is 0.299. The molecule has 0 bridgehead atoms. The maximum absolute atomic E-state index is 12.7. The van der Waals surface area contributed by atoms with Crippen LogP contribution in [0.1, 0.15) is 60.0 Å². The second-order valence-corrected chi connectivity index (χ2v) is 6.22. The van der Waals surface area contributed by atoms with Gasteiger partial charge in [0.05, 0.1) is 5.69 Å². The second-order valence-electron chi connectivity index (χ2n) is 5.83. The number of aromatic nitrogens is 3. The molecule has 1 aromatic carbocycles. The number of aldehydes is 1. The van der Waals surface area contributed by atoms with Crippen LogP contribution in [0.2, 0.25) is 0 Å². The monoisotopic (exact) mass is 456 g/mol. The van der Waals surface area contributed by atoms with Gasteiger partial charge in [0, 0.05) is 18.3 Å². The minimum absolute atomic E-state index is 0.0538. The first-order valence-corrected chi connectivity index (χ1v) is 10.3. The number of para-hydroxylation sites is 1. The van der Waals surface area contributed by atoms with E-state index in [1.54, 1.807) is 6.07 Å². The van der Waals surface area contributed by atoms with Crippen molar-refractivity contribution in [1.82, 2.24) is 20.1 Å². The van der Waals surface area contributed by atoms with Crippen LogP contribution < -0.4 is 11.0 Å². The van der Waals surface area contributed by atoms with Crippen LogP contribution in [0.3, 0.4) is 0 Å². The zero-order chi connectivity index (χ0) is 24.4. The van der Waals surface area contributed by atoms with E-state index >= 15 is 0 Å². The molecular formula is C22H34F2N4O2S. The number of aromatic amines is 2. The fourth-order valence-electron chi connectivity index (χ4n) is 2.05. The van der Waals surface area contributed by atoms with Crippen molar-refractivity contribution in [3.8, 4) is 5.69 Å². The molecule has 2 rings (SSSR count). The Morgan fingerprint density at radius 2 is 1.74 bits per heavy atom. The Kier molecular flexibility index (Phi) is 17.6. The molecule has 0 radical (unpaired) electrons. The molecule has 31 heavy (non-hydrogen) atoms. The first kappa shape index (κ1) is 30.4. The van der Waals surface area contributed by atoms with Crippen molar-refractivity contribution in [1.29, 1.82) is 0 Å². The van der Waals surface area contributed by atoms with Crippen LogP contribution in [0.15, 0.2) is 52.5 Å². The Morgan fingerprint density at radius 1 is 1.19 bits per heavy atom. The summed E-state index contributed by atoms with van der Waals surface area (Å²) in [6, 6.07) is 5.72. The van der Waals surface area contributed by atoms with E-state index in [0.717, 1.165) is 17.3 Å². The van der Waals surface area contributed by atoms with Gasteiger partial charge in [-0.3, -0.25) is 5.10 Å². The van der Waals surface area contributed by atoms with Crippen molar-refractivity contribution in [2.45, 2.75) is 54.4 Å². The highest BCUT2D eigenvalue weighted by molar-refractivity contribution is 7.71. The summed E-state index contributed by atoms with van der Waals surface area (Å²) in [5.41, 5.74) is 1.90. The van der Waals surface area contributed by atoms with Gasteiger partial charge in [-0.25, -0.2) is 23.2 Å². The van der Waals surface area contributed by atoms with Gasteiger partial charge in [-0.05, 0) is 51.6 Å². The highest BCUT2D eigenvalue weighted by Gasteiger charge is 2.15. The molecule has 0 fully saturated rings. The molecule has 1 heterocycles. The van der Waals surface area contributed by atoms with E-state index in [9.17, 15) is 13.6 Å². The molecule has 0 amide bonds. The first-order valence-electron chi connectivity index (χ1n) is 9.92. The molecule has 0 unspecified atom stereocenters. The molecule has 6 nitrogen and oxygen atoms in total. The number of benzene rings is 1. The van der Waals surface area contributed by atoms with Crippen LogP contribution in [-0.4, -0.2) is 28.1 Å². The summed E-state index contributed by atoms with van der Waals surface area (Å²) in [6.07, 6.45) is 3.40. The number of allylic oxidation sites excluding steroid dienone is 4. The Hall–Kier alpha value is -2.81. The molecule has 0 aliphatic rings. The number of nitrogens with zero attached hydrogens (tertiary/aromatic N) is 1. The number of nitrogens with one attached hydrogen (secondary N) is 3. The Labute approximate surface area is 188 Å². The number of hydrogen-bond donors (Lipinski definition) is 3. The van der Waals surface area contributed by atoms with Crippen LogP contribution in [0, 0.1) is 4.77 Å². The van der Waals surface area contributed by atoms with Crippen LogP contribution in [0.4, 0.5) is 8.78 Å². The van der Waals surface area contributed by atoms with Gasteiger partial charge >= 0.3 is 5.69 Å². The van der Waals surface area contributed by atoms with E-state index < -0.39 is 12.1 Å². The minimum Gasteiger partial charge on any atom is -0.391 e. The van der Waals surface area contributed by atoms with Crippen molar-refractivity contribution in [3.05, 3.63) is 68.5 Å². The molecule has 0 saturated heterocycles. The molecular weight excluding hydrogens is 422 g/mol. The van der Waals surface area contributed by atoms with Crippen molar-refractivity contribution in [2.24, 2.45) is 0 Å². The van der Waals surface area contributed by atoms with Gasteiger partial charge in [-0.15, -0.1) is 0 Å². The summed E-state index contributed by atoms with van der Waals surface area (Å²) in [5, 5.41) is 7.76. The van der Waals surface area contributed by atoms with Gasteiger partial charge in [0.1, 0.15) is 6.29 Å². The van der Waals surface area contributed by atoms with Gasteiger partial charge in [-0.2, -0.15) is 0 Å². The molecule has 0 aliphatic carbocycles. The highest BCUT2D eigenvalue weighted by atomic mass is 32.1. The number of hydrogen-bond acceptors (Lipinski definition) is 4. The first-order chi connectivity index (χ1) is 14.7.